The van der Waals surface area contributed by atoms with Gasteiger partial charge in [-0.05, 0) is 19.9 Å². The van der Waals surface area contributed by atoms with Crippen LogP contribution in [0.3, 0.4) is 0 Å². The third-order valence-electron chi connectivity index (χ3n) is 2.69. The molecule has 1 atom stereocenters. The summed E-state index contributed by atoms with van der Waals surface area (Å²) in [5.74, 6) is -0.104. The van der Waals surface area contributed by atoms with Gasteiger partial charge in [0.25, 0.3) is 0 Å². The zero-order valence-electron chi connectivity index (χ0n) is 9.08. The van der Waals surface area contributed by atoms with Crippen molar-refractivity contribution in [2.75, 3.05) is 33.3 Å². The predicted octanol–water partition coefficient (Wildman–Crippen LogP) is 0.233. The molecule has 0 unspecified atom stereocenters. The number of rotatable bonds is 4. The van der Waals surface area contributed by atoms with Crippen LogP contribution in [-0.2, 0) is 9.53 Å². The lowest BCUT2D eigenvalue weighted by atomic mass is 10.2. The first-order valence-electron chi connectivity index (χ1n) is 5.25. The first-order chi connectivity index (χ1) is 6.74. The molecule has 0 saturated carbocycles. The van der Waals surface area contributed by atoms with Gasteiger partial charge in [0.05, 0.1) is 7.11 Å². The van der Waals surface area contributed by atoms with Gasteiger partial charge in [0.1, 0.15) is 0 Å². The zero-order chi connectivity index (χ0) is 10.4. The van der Waals surface area contributed by atoms with E-state index in [1.807, 2.05) is 0 Å². The molecule has 14 heavy (non-hydrogen) atoms. The molecule has 82 valence electrons. The summed E-state index contributed by atoms with van der Waals surface area (Å²) in [5, 5.41) is 3.34. The van der Waals surface area contributed by atoms with Crippen molar-refractivity contribution in [2.24, 2.45) is 0 Å². The normalized spacial score (nSPS) is 23.4. The predicted molar refractivity (Wildman–Crippen MR) is 55.2 cm³/mol. The Hall–Kier alpha value is -0.610. The van der Waals surface area contributed by atoms with E-state index in [1.54, 1.807) is 0 Å². The van der Waals surface area contributed by atoms with Crippen LogP contribution in [0.15, 0.2) is 0 Å². The quantitative estimate of drug-likeness (QED) is 0.660. The molecule has 0 amide bonds. The van der Waals surface area contributed by atoms with Crippen molar-refractivity contribution in [3.05, 3.63) is 0 Å². The number of nitrogens with one attached hydrogen (secondary N) is 1. The molecule has 4 nitrogen and oxygen atoms in total. The summed E-state index contributed by atoms with van der Waals surface area (Å²) in [5.41, 5.74) is 0. The molecule has 0 aromatic heterocycles. The zero-order valence-corrected chi connectivity index (χ0v) is 9.08. The Labute approximate surface area is 85.6 Å². The molecule has 0 radical (unpaired) electrons. The Kier molecular flexibility index (Phi) is 4.90. The van der Waals surface area contributed by atoms with E-state index in [9.17, 15) is 4.79 Å². The molecule has 0 aliphatic carbocycles. The van der Waals surface area contributed by atoms with E-state index in [2.05, 4.69) is 21.9 Å². The van der Waals surface area contributed by atoms with Crippen molar-refractivity contribution >= 4 is 5.97 Å². The topological polar surface area (TPSA) is 41.6 Å². The number of ether oxygens (including phenoxy) is 1. The number of methoxy groups -OCH3 is 1. The molecule has 1 heterocycles. The highest BCUT2D eigenvalue weighted by Crippen LogP contribution is 2.04. The lowest BCUT2D eigenvalue weighted by molar-refractivity contribution is -0.140. The Morgan fingerprint density at radius 2 is 2.43 bits per heavy atom. The minimum Gasteiger partial charge on any atom is -0.469 e. The molecule has 1 saturated heterocycles. The summed E-state index contributed by atoms with van der Waals surface area (Å²) >= 11 is 0. The van der Waals surface area contributed by atoms with E-state index in [-0.39, 0.29) is 5.97 Å². The minimum absolute atomic E-state index is 0.104. The maximum absolute atomic E-state index is 10.9. The van der Waals surface area contributed by atoms with Crippen LogP contribution in [0, 0.1) is 0 Å². The number of carbonyl (C=O) groups is 1. The standard InChI is InChI=1S/C10H20N2O2/c1-9-8-11-5-7-12(9)6-3-4-10(13)14-2/h9,11H,3-8H2,1-2H3/t9-/m0/s1. The highest BCUT2D eigenvalue weighted by atomic mass is 16.5. The van der Waals surface area contributed by atoms with Crippen LogP contribution in [0.2, 0.25) is 0 Å². The van der Waals surface area contributed by atoms with Crippen LogP contribution >= 0.6 is 0 Å². The van der Waals surface area contributed by atoms with Crippen LogP contribution in [0.1, 0.15) is 19.8 Å². The van der Waals surface area contributed by atoms with Gasteiger partial charge < -0.3 is 10.1 Å². The third-order valence-corrected chi connectivity index (χ3v) is 2.69. The molecular weight excluding hydrogens is 180 g/mol. The largest absolute Gasteiger partial charge is 0.469 e. The highest BCUT2D eigenvalue weighted by molar-refractivity contribution is 5.69. The summed E-state index contributed by atoms with van der Waals surface area (Å²) in [6.07, 6.45) is 1.43. The molecule has 4 heteroatoms. The number of nitrogens with zero attached hydrogens (tertiary/aromatic N) is 1. The second kappa shape index (κ2) is 5.98. The lowest BCUT2D eigenvalue weighted by Gasteiger charge is -2.33. The summed E-state index contributed by atoms with van der Waals surface area (Å²) < 4.78 is 4.60. The molecule has 0 bridgehead atoms. The highest BCUT2D eigenvalue weighted by Gasteiger charge is 2.17. The van der Waals surface area contributed by atoms with Gasteiger partial charge in [-0.2, -0.15) is 0 Å². The summed E-state index contributed by atoms with van der Waals surface area (Å²) in [7, 11) is 1.44. The van der Waals surface area contributed by atoms with Gasteiger partial charge in [0.15, 0.2) is 0 Å². The van der Waals surface area contributed by atoms with Crippen LogP contribution in [0.25, 0.3) is 0 Å². The van der Waals surface area contributed by atoms with Gasteiger partial charge in [-0.1, -0.05) is 0 Å². The van der Waals surface area contributed by atoms with Crippen molar-refractivity contribution in [1.82, 2.24) is 10.2 Å². The van der Waals surface area contributed by atoms with Crippen LogP contribution in [-0.4, -0.2) is 50.2 Å². The molecule has 1 aliphatic rings. The second-order valence-electron chi connectivity index (χ2n) is 3.77. The van der Waals surface area contributed by atoms with Crippen molar-refractivity contribution in [3.8, 4) is 0 Å². The van der Waals surface area contributed by atoms with Gasteiger partial charge in [-0.15, -0.1) is 0 Å². The van der Waals surface area contributed by atoms with E-state index in [1.165, 1.54) is 7.11 Å². The summed E-state index contributed by atoms with van der Waals surface area (Å²) in [6.45, 7) is 6.41. The first-order valence-corrected chi connectivity index (χ1v) is 5.25. The molecule has 1 N–H and O–H groups in total. The van der Waals surface area contributed by atoms with Crippen LogP contribution in [0.5, 0.6) is 0 Å². The van der Waals surface area contributed by atoms with Crippen LogP contribution < -0.4 is 5.32 Å². The van der Waals surface area contributed by atoms with Crippen molar-refractivity contribution < 1.29 is 9.53 Å². The smallest absolute Gasteiger partial charge is 0.305 e. The maximum Gasteiger partial charge on any atom is 0.305 e. The van der Waals surface area contributed by atoms with E-state index in [0.29, 0.717) is 12.5 Å². The van der Waals surface area contributed by atoms with E-state index in [4.69, 9.17) is 0 Å². The van der Waals surface area contributed by atoms with Gasteiger partial charge in [0.2, 0.25) is 0 Å². The summed E-state index contributed by atoms with van der Waals surface area (Å²) in [4.78, 5) is 13.3. The Morgan fingerprint density at radius 1 is 1.64 bits per heavy atom. The monoisotopic (exact) mass is 200 g/mol. The van der Waals surface area contributed by atoms with E-state index in [0.717, 1.165) is 32.6 Å². The minimum atomic E-state index is -0.104. The van der Waals surface area contributed by atoms with Gasteiger partial charge >= 0.3 is 5.97 Å². The number of hydrogen-bond acceptors (Lipinski definition) is 4. The van der Waals surface area contributed by atoms with Gasteiger partial charge in [0, 0.05) is 32.1 Å². The molecule has 1 aliphatic heterocycles. The van der Waals surface area contributed by atoms with E-state index < -0.39 is 0 Å². The van der Waals surface area contributed by atoms with Gasteiger partial charge in [-0.25, -0.2) is 0 Å². The van der Waals surface area contributed by atoms with E-state index >= 15 is 0 Å². The first kappa shape index (κ1) is 11.5. The summed E-state index contributed by atoms with van der Waals surface area (Å²) in [6, 6.07) is 0.585. The molecule has 0 aromatic rings. The van der Waals surface area contributed by atoms with Crippen LogP contribution in [0.4, 0.5) is 0 Å². The van der Waals surface area contributed by atoms with Crippen molar-refractivity contribution in [3.63, 3.8) is 0 Å². The SMILES string of the molecule is COC(=O)CCCN1CCNC[C@@H]1C. The average Bonchev–Trinajstić information content (AvgIpc) is 2.20. The molecular formula is C10H20N2O2. The Bertz CT molecular complexity index is 185. The fourth-order valence-corrected chi connectivity index (χ4v) is 1.74. The molecule has 0 aromatic carbocycles. The van der Waals surface area contributed by atoms with Crippen molar-refractivity contribution in [2.45, 2.75) is 25.8 Å². The maximum atomic E-state index is 10.9. The molecule has 1 rings (SSSR count). The fourth-order valence-electron chi connectivity index (χ4n) is 1.74. The fraction of sp³-hybridized carbons (Fsp3) is 0.900. The third kappa shape index (κ3) is 3.64. The number of hydrogen-bond donors (Lipinski definition) is 1. The molecule has 1 fully saturated rings. The number of esters is 1. The van der Waals surface area contributed by atoms with Crippen molar-refractivity contribution in [1.29, 1.82) is 0 Å². The van der Waals surface area contributed by atoms with Gasteiger partial charge in [-0.3, -0.25) is 9.69 Å². The Morgan fingerprint density at radius 3 is 3.07 bits per heavy atom. The lowest BCUT2D eigenvalue weighted by Crippen LogP contribution is -2.49. The Balaban J connectivity index is 2.13. The average molecular weight is 200 g/mol. The number of carbonyl (C=O) groups excluding carboxylic acids is 1. The number of piperazine rings is 1. The second-order valence-corrected chi connectivity index (χ2v) is 3.77. The molecule has 0 spiro atoms.